The molecule has 5 nitrogen and oxygen atoms in total. The Morgan fingerprint density at radius 2 is 2.24 bits per heavy atom. The van der Waals surface area contributed by atoms with E-state index in [-0.39, 0.29) is 5.60 Å². The van der Waals surface area contributed by atoms with Crippen molar-refractivity contribution in [1.82, 2.24) is 14.8 Å². The first-order valence-corrected chi connectivity index (χ1v) is 8.61. The molecule has 0 aromatic carbocycles. The molecule has 0 amide bonds. The first kappa shape index (κ1) is 15.4. The van der Waals surface area contributed by atoms with Crippen molar-refractivity contribution in [2.75, 3.05) is 46.0 Å². The molecule has 118 valence electrons. The van der Waals surface area contributed by atoms with Crippen molar-refractivity contribution in [3.8, 4) is 0 Å². The van der Waals surface area contributed by atoms with Gasteiger partial charge in [0, 0.05) is 43.8 Å². The molecule has 0 bridgehead atoms. The molecule has 0 aliphatic carbocycles. The fraction of sp³-hybridized carbons (Fsp3) is 0.800. The summed E-state index contributed by atoms with van der Waals surface area (Å²) in [5.41, 5.74) is -0.184. The largest absolute Gasteiger partial charge is 0.377 e. The number of hydrogen-bond acceptors (Lipinski definition) is 6. The maximum absolute atomic E-state index is 6.19. The van der Waals surface area contributed by atoms with Gasteiger partial charge in [0.05, 0.1) is 26.4 Å². The third-order valence-electron chi connectivity index (χ3n) is 4.28. The molecule has 2 aliphatic heterocycles. The van der Waals surface area contributed by atoms with Crippen LogP contribution in [0.4, 0.5) is 0 Å². The summed E-state index contributed by atoms with van der Waals surface area (Å²) < 4.78 is 12.0. The molecule has 2 saturated heterocycles. The second kappa shape index (κ2) is 6.71. The topological polar surface area (TPSA) is 37.8 Å². The summed E-state index contributed by atoms with van der Waals surface area (Å²) in [7, 11) is 0. The summed E-state index contributed by atoms with van der Waals surface area (Å²) in [6.45, 7) is 11.5. The summed E-state index contributed by atoms with van der Waals surface area (Å²) in [6, 6.07) is 0.529. The van der Waals surface area contributed by atoms with E-state index in [1.165, 1.54) is 5.01 Å². The molecule has 21 heavy (non-hydrogen) atoms. The van der Waals surface area contributed by atoms with Crippen molar-refractivity contribution in [2.45, 2.75) is 32.0 Å². The SMILES string of the molecule is CC(C)N1CCOC[C@]2(CN(Cc3nccs3)CCO2)C1. The van der Waals surface area contributed by atoms with Gasteiger partial charge in [-0.3, -0.25) is 9.80 Å². The minimum atomic E-state index is -0.184. The van der Waals surface area contributed by atoms with E-state index >= 15 is 0 Å². The number of thiazole rings is 1. The lowest BCUT2D eigenvalue weighted by molar-refractivity contribution is -0.144. The Kier molecular flexibility index (Phi) is 4.91. The highest BCUT2D eigenvalue weighted by atomic mass is 32.1. The van der Waals surface area contributed by atoms with E-state index in [9.17, 15) is 0 Å². The van der Waals surface area contributed by atoms with Crippen molar-refractivity contribution in [3.63, 3.8) is 0 Å². The monoisotopic (exact) mass is 311 g/mol. The van der Waals surface area contributed by atoms with E-state index < -0.39 is 0 Å². The van der Waals surface area contributed by atoms with Gasteiger partial charge in [0.25, 0.3) is 0 Å². The van der Waals surface area contributed by atoms with Crippen LogP contribution in [0.3, 0.4) is 0 Å². The van der Waals surface area contributed by atoms with Crippen LogP contribution in [-0.2, 0) is 16.0 Å². The highest BCUT2D eigenvalue weighted by molar-refractivity contribution is 7.09. The molecule has 1 spiro atoms. The van der Waals surface area contributed by atoms with Gasteiger partial charge in [0.2, 0.25) is 0 Å². The third kappa shape index (κ3) is 3.81. The lowest BCUT2D eigenvalue weighted by Gasteiger charge is -2.43. The molecular formula is C15H25N3O2S. The van der Waals surface area contributed by atoms with Crippen LogP contribution in [0, 0.1) is 0 Å². The lowest BCUT2D eigenvalue weighted by Crippen LogP contribution is -2.59. The van der Waals surface area contributed by atoms with Crippen LogP contribution >= 0.6 is 11.3 Å². The van der Waals surface area contributed by atoms with Crippen molar-refractivity contribution in [1.29, 1.82) is 0 Å². The molecule has 1 aromatic rings. The van der Waals surface area contributed by atoms with Gasteiger partial charge in [-0.15, -0.1) is 11.3 Å². The Morgan fingerprint density at radius 3 is 3.00 bits per heavy atom. The second-order valence-electron chi connectivity index (χ2n) is 6.28. The van der Waals surface area contributed by atoms with Gasteiger partial charge in [0.15, 0.2) is 0 Å². The number of aromatic nitrogens is 1. The van der Waals surface area contributed by atoms with Crippen LogP contribution in [0.1, 0.15) is 18.9 Å². The van der Waals surface area contributed by atoms with Crippen LogP contribution in [0.2, 0.25) is 0 Å². The van der Waals surface area contributed by atoms with Crippen LogP contribution in [0.5, 0.6) is 0 Å². The van der Waals surface area contributed by atoms with Gasteiger partial charge >= 0.3 is 0 Å². The van der Waals surface area contributed by atoms with Crippen molar-refractivity contribution in [2.24, 2.45) is 0 Å². The molecule has 0 N–H and O–H groups in total. The van der Waals surface area contributed by atoms with E-state index in [0.717, 1.165) is 45.9 Å². The van der Waals surface area contributed by atoms with Gasteiger partial charge in [-0.2, -0.15) is 0 Å². The highest BCUT2D eigenvalue weighted by Crippen LogP contribution is 2.25. The molecule has 0 radical (unpaired) electrons. The average molecular weight is 311 g/mol. The molecule has 3 rings (SSSR count). The Morgan fingerprint density at radius 1 is 1.33 bits per heavy atom. The Balaban J connectivity index is 1.67. The van der Waals surface area contributed by atoms with Gasteiger partial charge in [-0.25, -0.2) is 4.98 Å². The Labute approximate surface area is 130 Å². The fourth-order valence-corrected chi connectivity index (χ4v) is 3.80. The lowest BCUT2D eigenvalue weighted by atomic mass is 10.0. The smallest absolute Gasteiger partial charge is 0.117 e. The molecule has 0 saturated carbocycles. The summed E-state index contributed by atoms with van der Waals surface area (Å²) in [5.74, 6) is 0. The zero-order valence-corrected chi connectivity index (χ0v) is 13.8. The summed E-state index contributed by atoms with van der Waals surface area (Å²) >= 11 is 1.73. The Bertz CT molecular complexity index is 440. The number of nitrogens with zero attached hydrogens (tertiary/aromatic N) is 3. The molecule has 1 atom stereocenters. The third-order valence-corrected chi connectivity index (χ3v) is 5.04. The molecule has 3 heterocycles. The summed E-state index contributed by atoms with van der Waals surface area (Å²) in [5, 5.41) is 3.23. The van der Waals surface area contributed by atoms with Gasteiger partial charge in [-0.05, 0) is 13.8 Å². The summed E-state index contributed by atoms with van der Waals surface area (Å²) in [4.78, 5) is 9.33. The van der Waals surface area contributed by atoms with Crippen LogP contribution in [0.25, 0.3) is 0 Å². The van der Waals surface area contributed by atoms with E-state index in [1.54, 1.807) is 11.3 Å². The highest BCUT2D eigenvalue weighted by Gasteiger charge is 2.40. The van der Waals surface area contributed by atoms with Crippen molar-refractivity contribution in [3.05, 3.63) is 16.6 Å². The predicted molar refractivity (Wildman–Crippen MR) is 83.6 cm³/mol. The molecule has 2 aliphatic rings. The van der Waals surface area contributed by atoms with E-state index in [1.807, 2.05) is 11.6 Å². The summed E-state index contributed by atoms with van der Waals surface area (Å²) in [6.07, 6.45) is 1.88. The van der Waals surface area contributed by atoms with E-state index in [4.69, 9.17) is 9.47 Å². The van der Waals surface area contributed by atoms with Crippen LogP contribution < -0.4 is 0 Å². The molecular weight excluding hydrogens is 286 g/mol. The number of morpholine rings is 1. The van der Waals surface area contributed by atoms with Crippen LogP contribution in [-0.4, -0.2) is 72.4 Å². The first-order valence-electron chi connectivity index (χ1n) is 7.73. The zero-order chi connectivity index (χ0) is 14.7. The average Bonchev–Trinajstić information content (AvgIpc) is 2.87. The van der Waals surface area contributed by atoms with E-state index in [2.05, 4.69) is 28.6 Å². The molecule has 0 unspecified atom stereocenters. The normalized spacial score (nSPS) is 29.1. The standard InChI is InChI=1S/C15H25N3O2S/c1-13(2)18-5-6-19-12-15(11-18)10-17(4-7-20-15)9-14-16-3-8-21-14/h3,8,13H,4-7,9-12H2,1-2H3/t15-/m0/s1. The molecule has 1 aromatic heterocycles. The first-order chi connectivity index (χ1) is 10.2. The van der Waals surface area contributed by atoms with Crippen LogP contribution in [0.15, 0.2) is 11.6 Å². The minimum Gasteiger partial charge on any atom is -0.377 e. The number of rotatable bonds is 3. The molecule has 2 fully saturated rings. The maximum Gasteiger partial charge on any atom is 0.117 e. The fourth-order valence-electron chi connectivity index (χ4n) is 3.14. The Hall–Kier alpha value is -0.530. The van der Waals surface area contributed by atoms with Gasteiger partial charge < -0.3 is 9.47 Å². The maximum atomic E-state index is 6.19. The van der Waals surface area contributed by atoms with Gasteiger partial charge in [0.1, 0.15) is 10.6 Å². The zero-order valence-electron chi connectivity index (χ0n) is 13.0. The van der Waals surface area contributed by atoms with Gasteiger partial charge in [-0.1, -0.05) is 0 Å². The number of ether oxygens (including phenoxy) is 2. The predicted octanol–water partition coefficient (Wildman–Crippen LogP) is 1.45. The molecule has 6 heteroatoms. The van der Waals surface area contributed by atoms with Crippen molar-refractivity contribution >= 4 is 11.3 Å². The van der Waals surface area contributed by atoms with Crippen molar-refractivity contribution < 1.29 is 9.47 Å². The number of hydrogen-bond donors (Lipinski definition) is 0. The van der Waals surface area contributed by atoms with E-state index in [0.29, 0.717) is 12.6 Å². The second-order valence-corrected chi connectivity index (χ2v) is 7.26. The quantitative estimate of drug-likeness (QED) is 0.845. The minimum absolute atomic E-state index is 0.184.